The van der Waals surface area contributed by atoms with E-state index in [-0.39, 0.29) is 34.5 Å². The van der Waals surface area contributed by atoms with Crippen LogP contribution in [-0.2, 0) is 10.1 Å². The zero-order valence-corrected chi connectivity index (χ0v) is 18.2. The average Bonchev–Trinajstić information content (AvgIpc) is 2.49. The van der Waals surface area contributed by atoms with Crippen LogP contribution in [-0.4, -0.2) is 18.7 Å². The first-order valence-corrected chi connectivity index (χ1v) is 10.6. The summed E-state index contributed by atoms with van der Waals surface area (Å²) < 4.78 is 32.7. The summed E-state index contributed by atoms with van der Waals surface area (Å²) in [4.78, 5) is -0.152. The van der Waals surface area contributed by atoms with E-state index in [1.165, 1.54) is 57.1 Å². The number of rotatable bonds is 11. The number of benzene rings is 1. The molecule has 0 saturated heterocycles. The Morgan fingerprint density at radius 2 is 1.52 bits per heavy atom. The standard InChI is InChI=1S/C17H28O3S2.Na/c1-3-4-5-6-7-8-9-14-21-15(2)16-10-12-17(13-11-16)22(18,19)20;/h10-13,15H,3-9,14H2,1-2H3,(H,18,19,20);/q;+1/p-1. The zero-order valence-electron chi connectivity index (χ0n) is 14.6. The van der Waals surface area contributed by atoms with E-state index in [4.69, 9.17) is 0 Å². The monoisotopic (exact) mass is 366 g/mol. The quantitative estimate of drug-likeness (QED) is 0.342. The third-order valence-electron chi connectivity index (χ3n) is 3.75. The van der Waals surface area contributed by atoms with Crippen molar-refractivity contribution >= 4 is 21.9 Å². The van der Waals surface area contributed by atoms with Crippen LogP contribution in [0, 0.1) is 0 Å². The molecular weight excluding hydrogens is 339 g/mol. The van der Waals surface area contributed by atoms with Gasteiger partial charge in [-0.3, -0.25) is 0 Å². The Morgan fingerprint density at radius 1 is 1.00 bits per heavy atom. The van der Waals surface area contributed by atoms with Gasteiger partial charge in [-0.2, -0.15) is 11.8 Å². The van der Waals surface area contributed by atoms with E-state index in [0.29, 0.717) is 5.25 Å². The van der Waals surface area contributed by atoms with Gasteiger partial charge in [0.05, 0.1) is 4.90 Å². The molecule has 6 heteroatoms. The fraction of sp³-hybridized carbons (Fsp3) is 0.647. The Morgan fingerprint density at radius 3 is 2.04 bits per heavy atom. The van der Waals surface area contributed by atoms with Crippen LogP contribution < -0.4 is 29.6 Å². The minimum atomic E-state index is -4.34. The van der Waals surface area contributed by atoms with Crippen LogP contribution in [0.25, 0.3) is 0 Å². The maximum Gasteiger partial charge on any atom is 1.00 e. The first kappa shape index (κ1) is 23.5. The van der Waals surface area contributed by atoms with Gasteiger partial charge in [0.25, 0.3) is 0 Å². The van der Waals surface area contributed by atoms with Crippen LogP contribution in [0.3, 0.4) is 0 Å². The molecule has 1 aromatic rings. The molecular formula is C17H27NaO3S2. The van der Waals surface area contributed by atoms with Crippen molar-refractivity contribution in [2.24, 2.45) is 0 Å². The molecule has 0 radical (unpaired) electrons. The SMILES string of the molecule is CCCCCCCCCSC(C)c1ccc(S(=O)(=O)[O-])cc1.[Na+]. The minimum Gasteiger partial charge on any atom is -0.744 e. The maximum atomic E-state index is 10.9. The molecule has 0 spiro atoms. The molecule has 0 saturated carbocycles. The summed E-state index contributed by atoms with van der Waals surface area (Å²) in [6.07, 6.45) is 9.19. The van der Waals surface area contributed by atoms with Gasteiger partial charge in [-0.1, -0.05) is 57.6 Å². The second-order valence-corrected chi connectivity index (χ2v) is 8.49. The van der Waals surface area contributed by atoms with E-state index in [9.17, 15) is 13.0 Å². The van der Waals surface area contributed by atoms with E-state index in [2.05, 4.69) is 13.8 Å². The Labute approximate surface area is 168 Å². The van der Waals surface area contributed by atoms with Gasteiger partial charge in [0.15, 0.2) is 0 Å². The summed E-state index contributed by atoms with van der Waals surface area (Å²) in [7, 11) is -4.34. The molecule has 0 aliphatic rings. The van der Waals surface area contributed by atoms with Crippen molar-refractivity contribution in [2.45, 2.75) is 68.9 Å². The fourth-order valence-corrected chi connectivity index (χ4v) is 3.86. The van der Waals surface area contributed by atoms with Gasteiger partial charge in [-0.25, -0.2) is 8.42 Å². The molecule has 1 aromatic carbocycles. The average molecular weight is 367 g/mol. The summed E-state index contributed by atoms with van der Waals surface area (Å²) >= 11 is 1.88. The Hall–Kier alpha value is 0.480. The van der Waals surface area contributed by atoms with Crippen molar-refractivity contribution in [1.29, 1.82) is 0 Å². The van der Waals surface area contributed by atoms with E-state index in [0.717, 1.165) is 11.3 Å². The molecule has 0 amide bonds. The van der Waals surface area contributed by atoms with Crippen LogP contribution in [0.2, 0.25) is 0 Å². The fourth-order valence-electron chi connectivity index (χ4n) is 2.32. The van der Waals surface area contributed by atoms with Gasteiger partial charge >= 0.3 is 29.6 Å². The Bertz CT molecular complexity index is 515. The number of hydrogen-bond donors (Lipinski definition) is 0. The summed E-state index contributed by atoms with van der Waals surface area (Å²) in [5.74, 6) is 1.12. The van der Waals surface area contributed by atoms with Crippen LogP contribution in [0.5, 0.6) is 0 Å². The van der Waals surface area contributed by atoms with E-state index in [1.807, 2.05) is 11.8 Å². The molecule has 1 atom stereocenters. The van der Waals surface area contributed by atoms with Crippen molar-refractivity contribution < 1.29 is 42.5 Å². The van der Waals surface area contributed by atoms with E-state index >= 15 is 0 Å². The number of hydrogen-bond acceptors (Lipinski definition) is 4. The smallest absolute Gasteiger partial charge is 0.744 e. The molecule has 0 aliphatic carbocycles. The molecule has 3 nitrogen and oxygen atoms in total. The first-order chi connectivity index (χ1) is 10.4. The molecule has 0 N–H and O–H groups in total. The Balaban J connectivity index is 0.00000484. The predicted molar refractivity (Wildman–Crippen MR) is 93.3 cm³/mol. The third kappa shape index (κ3) is 10.1. The summed E-state index contributed by atoms with van der Waals surface area (Å²) in [6.45, 7) is 4.35. The summed E-state index contributed by atoms with van der Waals surface area (Å²) in [5, 5.41) is 0.323. The molecule has 0 aromatic heterocycles. The van der Waals surface area contributed by atoms with Gasteiger partial charge in [-0.05, 0) is 36.8 Å². The van der Waals surface area contributed by atoms with Crippen LogP contribution in [0.1, 0.15) is 69.6 Å². The van der Waals surface area contributed by atoms with E-state index in [1.54, 1.807) is 12.1 Å². The molecule has 1 rings (SSSR count). The van der Waals surface area contributed by atoms with Crippen molar-refractivity contribution in [3.63, 3.8) is 0 Å². The van der Waals surface area contributed by atoms with Crippen molar-refractivity contribution in [2.75, 3.05) is 5.75 Å². The Kier molecular flexibility index (Phi) is 13.1. The molecule has 0 fully saturated rings. The molecule has 126 valence electrons. The van der Waals surface area contributed by atoms with Crippen molar-refractivity contribution in [3.05, 3.63) is 29.8 Å². The molecule has 0 heterocycles. The first-order valence-electron chi connectivity index (χ1n) is 8.12. The molecule has 0 aliphatic heterocycles. The van der Waals surface area contributed by atoms with E-state index < -0.39 is 10.1 Å². The predicted octanol–water partition coefficient (Wildman–Crippen LogP) is 2.14. The van der Waals surface area contributed by atoms with Gasteiger partial charge in [0, 0.05) is 5.25 Å². The molecule has 1 unspecified atom stereocenters. The maximum absolute atomic E-state index is 10.9. The largest absolute Gasteiger partial charge is 1.00 e. The second kappa shape index (κ2) is 12.8. The minimum absolute atomic E-state index is 0. The van der Waals surface area contributed by atoms with Crippen LogP contribution in [0.15, 0.2) is 29.2 Å². The van der Waals surface area contributed by atoms with Gasteiger partial charge in [-0.15, -0.1) is 0 Å². The van der Waals surface area contributed by atoms with Crippen LogP contribution >= 0.6 is 11.8 Å². The van der Waals surface area contributed by atoms with Gasteiger partial charge in [0.1, 0.15) is 10.1 Å². The van der Waals surface area contributed by atoms with Crippen molar-refractivity contribution in [3.8, 4) is 0 Å². The summed E-state index contributed by atoms with van der Waals surface area (Å²) in [5.41, 5.74) is 1.07. The van der Waals surface area contributed by atoms with Crippen molar-refractivity contribution in [1.82, 2.24) is 0 Å². The van der Waals surface area contributed by atoms with Crippen LogP contribution in [0.4, 0.5) is 0 Å². The zero-order chi connectivity index (χ0) is 16.4. The topological polar surface area (TPSA) is 57.2 Å². The van der Waals surface area contributed by atoms with Gasteiger partial charge < -0.3 is 4.55 Å². The molecule has 0 bridgehead atoms. The second-order valence-electron chi connectivity index (χ2n) is 5.66. The summed E-state index contributed by atoms with van der Waals surface area (Å²) in [6, 6.07) is 6.30. The third-order valence-corrected chi connectivity index (χ3v) is 5.90. The van der Waals surface area contributed by atoms with Gasteiger partial charge in [0.2, 0.25) is 0 Å². The normalized spacial score (nSPS) is 12.7. The number of thioether (sulfide) groups is 1. The molecule has 23 heavy (non-hydrogen) atoms. The number of unbranched alkanes of at least 4 members (excludes halogenated alkanes) is 6.